The topological polar surface area (TPSA) is 78.9 Å². The van der Waals surface area contributed by atoms with Gasteiger partial charge in [-0.3, -0.25) is 4.79 Å². The van der Waals surface area contributed by atoms with Gasteiger partial charge in [-0.1, -0.05) is 0 Å². The van der Waals surface area contributed by atoms with Crippen LogP contribution in [0.15, 0.2) is 0 Å². The molecule has 1 amide bonds. The Balaban J connectivity index is 2.69. The minimum Gasteiger partial charge on any atom is -0.480 e. The highest BCUT2D eigenvalue weighted by molar-refractivity contribution is 5.88. The van der Waals surface area contributed by atoms with E-state index in [9.17, 15) is 9.59 Å². The van der Waals surface area contributed by atoms with Crippen molar-refractivity contribution in [3.63, 3.8) is 0 Å². The number of hydrogen-bond donors (Lipinski definition) is 2. The molecule has 0 saturated carbocycles. The molecular formula is C10H18N2O4. The van der Waals surface area contributed by atoms with Gasteiger partial charge in [0.2, 0.25) is 0 Å². The van der Waals surface area contributed by atoms with Gasteiger partial charge in [-0.05, 0) is 13.8 Å². The summed E-state index contributed by atoms with van der Waals surface area (Å²) in [6.45, 7) is 4.60. The Kier molecular flexibility index (Phi) is 3.88. The Morgan fingerprint density at radius 1 is 1.50 bits per heavy atom. The Labute approximate surface area is 94.6 Å². The zero-order valence-corrected chi connectivity index (χ0v) is 9.82. The fraction of sp³-hybridized carbons (Fsp3) is 0.800. The van der Waals surface area contributed by atoms with Crippen LogP contribution in [0.5, 0.6) is 0 Å². The quantitative estimate of drug-likeness (QED) is 0.670. The molecule has 1 atom stereocenters. The number of carboxylic acids is 1. The summed E-state index contributed by atoms with van der Waals surface area (Å²) in [6, 6.07) is 0. The van der Waals surface area contributed by atoms with Gasteiger partial charge in [0.25, 0.3) is 5.91 Å². The largest absolute Gasteiger partial charge is 0.480 e. The average Bonchev–Trinajstić information content (AvgIpc) is 2.28. The molecule has 1 aliphatic heterocycles. The molecule has 1 heterocycles. The van der Waals surface area contributed by atoms with Crippen LogP contribution in [0.25, 0.3) is 0 Å². The molecular weight excluding hydrogens is 212 g/mol. The second-order valence-corrected chi connectivity index (χ2v) is 4.32. The molecule has 16 heavy (non-hydrogen) atoms. The van der Waals surface area contributed by atoms with Gasteiger partial charge in [0.05, 0.1) is 6.61 Å². The highest BCUT2D eigenvalue weighted by atomic mass is 16.5. The third kappa shape index (κ3) is 2.51. The minimum atomic E-state index is -1.22. The van der Waals surface area contributed by atoms with E-state index in [4.69, 9.17) is 9.84 Å². The number of carboxylic acid groups (broad SMARTS) is 1. The van der Waals surface area contributed by atoms with Gasteiger partial charge in [0.1, 0.15) is 11.6 Å². The predicted molar refractivity (Wildman–Crippen MR) is 57.1 cm³/mol. The van der Waals surface area contributed by atoms with Crippen molar-refractivity contribution < 1.29 is 19.4 Å². The van der Waals surface area contributed by atoms with E-state index < -0.39 is 17.6 Å². The number of morpholine rings is 1. The van der Waals surface area contributed by atoms with Crippen LogP contribution in [-0.2, 0) is 14.3 Å². The number of nitrogens with zero attached hydrogens (tertiary/aromatic N) is 1. The Bertz CT molecular complexity index is 285. The van der Waals surface area contributed by atoms with Crippen LogP contribution in [-0.4, -0.2) is 60.3 Å². The summed E-state index contributed by atoms with van der Waals surface area (Å²) < 4.78 is 5.29. The first-order valence-corrected chi connectivity index (χ1v) is 5.20. The maximum Gasteiger partial charge on any atom is 0.329 e. The van der Waals surface area contributed by atoms with Gasteiger partial charge in [-0.15, -0.1) is 0 Å². The van der Waals surface area contributed by atoms with E-state index in [0.29, 0.717) is 13.2 Å². The monoisotopic (exact) mass is 230 g/mol. The summed E-state index contributed by atoms with van der Waals surface area (Å²) in [7, 11) is 1.48. The maximum absolute atomic E-state index is 11.9. The first-order valence-electron chi connectivity index (χ1n) is 5.20. The molecule has 1 aliphatic rings. The molecule has 2 N–H and O–H groups in total. The number of nitrogens with one attached hydrogen (secondary N) is 1. The van der Waals surface area contributed by atoms with Crippen LogP contribution in [0.4, 0.5) is 0 Å². The fourth-order valence-corrected chi connectivity index (χ4v) is 1.36. The highest BCUT2D eigenvalue weighted by Gasteiger charge is 2.38. The van der Waals surface area contributed by atoms with Crippen molar-refractivity contribution in [2.75, 3.05) is 26.7 Å². The number of amides is 1. The second kappa shape index (κ2) is 4.80. The number of likely N-dealkylation sites (N-methyl/N-ethyl adjacent to an activating group) is 1. The van der Waals surface area contributed by atoms with Gasteiger partial charge in [-0.25, -0.2) is 4.79 Å². The van der Waals surface area contributed by atoms with Crippen molar-refractivity contribution in [3.8, 4) is 0 Å². The van der Waals surface area contributed by atoms with E-state index in [1.165, 1.54) is 25.8 Å². The molecule has 0 radical (unpaired) electrons. The zero-order chi connectivity index (χ0) is 12.3. The molecule has 6 nitrogen and oxygen atoms in total. The van der Waals surface area contributed by atoms with Gasteiger partial charge < -0.3 is 20.1 Å². The normalized spacial score (nSPS) is 21.6. The van der Waals surface area contributed by atoms with Gasteiger partial charge in [0.15, 0.2) is 0 Å². The number of carbonyl (C=O) groups excluding carboxylic acids is 1. The fourth-order valence-electron chi connectivity index (χ4n) is 1.36. The SMILES string of the molecule is CN(C(=O)C1CNCCO1)C(C)(C)C(=O)O. The number of ether oxygens (including phenoxy) is 1. The molecule has 1 fully saturated rings. The lowest BCUT2D eigenvalue weighted by Crippen LogP contribution is -2.57. The van der Waals surface area contributed by atoms with Gasteiger partial charge in [-0.2, -0.15) is 0 Å². The molecule has 0 aromatic heterocycles. The molecule has 1 saturated heterocycles. The summed E-state index contributed by atoms with van der Waals surface area (Å²) in [5.41, 5.74) is -1.22. The smallest absolute Gasteiger partial charge is 0.329 e. The van der Waals surface area contributed by atoms with Crippen molar-refractivity contribution in [3.05, 3.63) is 0 Å². The van der Waals surface area contributed by atoms with Crippen LogP contribution >= 0.6 is 0 Å². The van der Waals surface area contributed by atoms with Crippen LogP contribution in [0.3, 0.4) is 0 Å². The van der Waals surface area contributed by atoms with Crippen molar-refractivity contribution >= 4 is 11.9 Å². The Morgan fingerprint density at radius 2 is 2.12 bits per heavy atom. The zero-order valence-electron chi connectivity index (χ0n) is 9.82. The average molecular weight is 230 g/mol. The maximum atomic E-state index is 11.9. The summed E-state index contributed by atoms with van der Waals surface area (Å²) in [5, 5.41) is 12.0. The molecule has 0 aliphatic carbocycles. The number of aliphatic carboxylic acids is 1. The Morgan fingerprint density at radius 3 is 2.56 bits per heavy atom. The molecule has 0 aromatic rings. The van der Waals surface area contributed by atoms with Crippen LogP contribution in [0.1, 0.15) is 13.8 Å². The first-order chi connectivity index (χ1) is 7.37. The highest BCUT2D eigenvalue weighted by Crippen LogP contribution is 2.15. The molecule has 92 valence electrons. The lowest BCUT2D eigenvalue weighted by atomic mass is 10.0. The van der Waals surface area contributed by atoms with Crippen molar-refractivity contribution in [2.24, 2.45) is 0 Å². The van der Waals surface area contributed by atoms with E-state index in [-0.39, 0.29) is 5.91 Å². The van der Waals surface area contributed by atoms with E-state index in [2.05, 4.69) is 5.32 Å². The van der Waals surface area contributed by atoms with E-state index in [0.717, 1.165) is 6.54 Å². The molecule has 0 aromatic carbocycles. The second-order valence-electron chi connectivity index (χ2n) is 4.32. The van der Waals surface area contributed by atoms with E-state index >= 15 is 0 Å². The first kappa shape index (κ1) is 12.9. The summed E-state index contributed by atoms with van der Waals surface area (Å²) >= 11 is 0. The van der Waals surface area contributed by atoms with Gasteiger partial charge >= 0.3 is 5.97 Å². The number of rotatable bonds is 3. The third-order valence-corrected chi connectivity index (χ3v) is 2.90. The van der Waals surface area contributed by atoms with Crippen molar-refractivity contribution in [2.45, 2.75) is 25.5 Å². The molecule has 1 unspecified atom stereocenters. The standard InChI is InChI=1S/C10H18N2O4/c1-10(2,9(14)15)12(3)8(13)7-6-11-4-5-16-7/h7,11H,4-6H2,1-3H3,(H,14,15). The lowest BCUT2D eigenvalue weighted by molar-refractivity contribution is -0.161. The Hall–Kier alpha value is -1.14. The summed E-state index contributed by atoms with van der Waals surface area (Å²) in [6.07, 6.45) is -0.586. The van der Waals surface area contributed by atoms with Crippen LogP contribution in [0.2, 0.25) is 0 Å². The number of carbonyl (C=O) groups is 2. The lowest BCUT2D eigenvalue weighted by Gasteiger charge is -2.35. The molecule has 6 heteroatoms. The van der Waals surface area contributed by atoms with E-state index in [1.54, 1.807) is 0 Å². The molecule has 0 bridgehead atoms. The third-order valence-electron chi connectivity index (χ3n) is 2.90. The predicted octanol–water partition coefficient (Wildman–Crippen LogP) is -0.704. The molecule has 0 spiro atoms. The van der Waals surface area contributed by atoms with Gasteiger partial charge in [0, 0.05) is 20.1 Å². The van der Waals surface area contributed by atoms with E-state index in [1.807, 2.05) is 0 Å². The summed E-state index contributed by atoms with van der Waals surface area (Å²) in [4.78, 5) is 24.2. The van der Waals surface area contributed by atoms with Crippen LogP contribution < -0.4 is 5.32 Å². The summed E-state index contributed by atoms with van der Waals surface area (Å²) in [5.74, 6) is -1.34. The number of hydrogen-bond acceptors (Lipinski definition) is 4. The molecule has 1 rings (SSSR count). The van der Waals surface area contributed by atoms with Crippen molar-refractivity contribution in [1.29, 1.82) is 0 Å². The minimum absolute atomic E-state index is 0.306. The van der Waals surface area contributed by atoms with Crippen LogP contribution in [0, 0.1) is 0 Å². The van der Waals surface area contributed by atoms with Crippen molar-refractivity contribution in [1.82, 2.24) is 10.2 Å².